The lowest BCUT2D eigenvalue weighted by atomic mass is 9.99. The summed E-state index contributed by atoms with van der Waals surface area (Å²) in [7, 11) is 0. The highest BCUT2D eigenvalue weighted by atomic mass is 16.4. The predicted octanol–water partition coefficient (Wildman–Crippen LogP) is -3.02. The molecule has 0 radical (unpaired) electrons. The summed E-state index contributed by atoms with van der Waals surface area (Å²) in [6.07, 6.45) is -0.603. The van der Waals surface area contributed by atoms with Crippen LogP contribution in [0.5, 0.6) is 0 Å². The van der Waals surface area contributed by atoms with Crippen LogP contribution in [-0.4, -0.2) is 255 Å². The molecule has 664 valence electrons. The number of carboxylic acids is 3. The van der Waals surface area contributed by atoms with E-state index in [4.69, 9.17) is 17.2 Å². The number of hydrogen-bond donors (Lipinski definition) is 21. The Morgan fingerprint density at radius 2 is 0.756 bits per heavy atom. The summed E-state index contributed by atoms with van der Waals surface area (Å²) in [5, 5.41) is 82.3. The second-order valence-electron chi connectivity index (χ2n) is 31.3. The van der Waals surface area contributed by atoms with E-state index >= 15 is 0 Å². The van der Waals surface area contributed by atoms with Crippen LogP contribution in [0.2, 0.25) is 0 Å². The number of benzene rings is 2. The Morgan fingerprint density at radius 1 is 0.403 bits per heavy atom. The lowest BCUT2D eigenvalue weighted by Crippen LogP contribution is -2.61. The second kappa shape index (κ2) is 52.9. The lowest BCUT2D eigenvalue weighted by Gasteiger charge is -2.31. The van der Waals surface area contributed by atoms with Crippen LogP contribution in [0.1, 0.15) is 177 Å². The van der Waals surface area contributed by atoms with Gasteiger partial charge in [-0.05, 0) is 139 Å². The molecule has 0 bridgehead atoms. The molecule has 14 amide bonds. The summed E-state index contributed by atoms with van der Waals surface area (Å²) in [5.41, 5.74) is 18.7. The zero-order chi connectivity index (χ0) is 89.3. The Balaban J connectivity index is 1.89. The van der Waals surface area contributed by atoms with Crippen molar-refractivity contribution in [3.63, 3.8) is 0 Å². The van der Waals surface area contributed by atoms with E-state index < -0.39 is 224 Å². The number of carbonyl (C=O) groups is 17. The molecule has 119 heavy (non-hydrogen) atoms. The molecule has 1 aliphatic heterocycles. The van der Waals surface area contributed by atoms with Gasteiger partial charge in [-0.1, -0.05) is 122 Å². The van der Waals surface area contributed by atoms with Crippen LogP contribution in [-0.2, 0) is 94.3 Å². The fourth-order valence-electron chi connectivity index (χ4n) is 12.8. The highest BCUT2D eigenvalue weighted by Crippen LogP contribution is 2.22. The Bertz CT molecular complexity index is 3710. The Kier molecular flexibility index (Phi) is 45.5. The van der Waals surface area contributed by atoms with Crippen LogP contribution in [0, 0.1) is 23.7 Å². The largest absolute Gasteiger partial charge is 0.481 e. The first-order valence-corrected chi connectivity index (χ1v) is 40.6. The average Bonchev–Trinajstić information content (AvgIpc) is 1.71. The maximum absolute atomic E-state index is 14.9. The standard InChI is InChI=1S/C80H127N17O22/c1-11-46(8)65(83)78(116)96-61(42-99)75(113)88-53(30-31-63(100)101)79(117)97-34-22-29-62(97)77(115)94-56(37-45(6)7)71(109)92-57(38-49-23-14-12-15-24-49)73(111)87-52(28-19-21-33-82)68(106)89-55(36-44(4)5)72(110)95-60(41-98)76(114)90-54(35-43(2)3)69(107)84-47(9)66(104)86-51(27-18-20-32-81)67(105)91-58(39-50-25-16-13-17-26-50)74(112)93-59(40-64(102)103)70(108)85-48(10)80(118)119/h12-17,23-26,43-48,51-62,65,98-99H,11,18-22,27-42,81-83H2,1-10H3,(H,84,107)(H,85,108)(H,86,104)(H,87,111)(H,88,113)(H,89,106)(H,90,114)(H,91,105)(H,92,109)(H,93,112)(H,94,115)(H,95,110)(H,96,116)(H,100,101)(H,102,103)(H,118,119)/t46-,47-,48-,51-,52-,53-,54-,55-,56-,57-,58-,59-,60-,61-,62-,65-/m0/s1. The van der Waals surface area contributed by atoms with E-state index in [9.17, 15) is 107 Å². The molecule has 16 atom stereocenters. The number of carboxylic acid groups (broad SMARTS) is 3. The molecule has 2 aromatic rings. The molecular weight excluding hydrogens is 1550 g/mol. The van der Waals surface area contributed by atoms with Crippen LogP contribution in [0.15, 0.2) is 60.7 Å². The third-order valence-corrected chi connectivity index (χ3v) is 19.8. The van der Waals surface area contributed by atoms with E-state index in [1.54, 1.807) is 116 Å². The smallest absolute Gasteiger partial charge is 0.325 e. The van der Waals surface area contributed by atoms with Gasteiger partial charge in [-0.25, -0.2) is 0 Å². The number of nitrogens with two attached hydrogens (primary N) is 3. The minimum atomic E-state index is -1.80. The van der Waals surface area contributed by atoms with Gasteiger partial charge in [0.2, 0.25) is 82.7 Å². The van der Waals surface area contributed by atoms with Crippen LogP contribution in [0.4, 0.5) is 0 Å². The summed E-state index contributed by atoms with van der Waals surface area (Å²) in [5.74, 6) is -18.6. The Morgan fingerprint density at radius 3 is 1.17 bits per heavy atom. The van der Waals surface area contributed by atoms with Gasteiger partial charge in [-0.3, -0.25) is 81.5 Å². The summed E-state index contributed by atoms with van der Waals surface area (Å²) < 4.78 is 0. The van der Waals surface area contributed by atoms with Gasteiger partial charge in [0.25, 0.3) is 0 Å². The molecule has 1 aliphatic rings. The lowest BCUT2D eigenvalue weighted by molar-refractivity contribution is -0.144. The van der Waals surface area contributed by atoms with Crippen LogP contribution in [0.3, 0.4) is 0 Å². The van der Waals surface area contributed by atoms with Crippen molar-refractivity contribution < 1.29 is 107 Å². The fourth-order valence-corrected chi connectivity index (χ4v) is 12.8. The predicted molar refractivity (Wildman–Crippen MR) is 434 cm³/mol. The minimum Gasteiger partial charge on any atom is -0.481 e. The molecule has 1 saturated heterocycles. The third-order valence-electron chi connectivity index (χ3n) is 19.8. The van der Waals surface area contributed by atoms with Crippen molar-refractivity contribution in [1.82, 2.24) is 74.0 Å². The summed E-state index contributed by atoms with van der Waals surface area (Å²) >= 11 is 0. The Hall–Kier alpha value is -10.8. The zero-order valence-electron chi connectivity index (χ0n) is 69.7. The summed E-state index contributed by atoms with van der Waals surface area (Å²) in [6, 6.07) is -5.37. The molecule has 1 heterocycles. The maximum atomic E-state index is 14.9. The van der Waals surface area contributed by atoms with Crippen molar-refractivity contribution in [2.75, 3.05) is 32.8 Å². The Labute approximate surface area is 693 Å². The zero-order valence-corrected chi connectivity index (χ0v) is 69.7. The first-order valence-electron chi connectivity index (χ1n) is 40.6. The molecule has 39 nitrogen and oxygen atoms in total. The number of nitrogens with zero attached hydrogens (tertiary/aromatic N) is 1. The number of likely N-dealkylation sites (tertiary alicyclic amines) is 1. The average molecular weight is 1680 g/mol. The topological polar surface area (TPSA) is 629 Å². The van der Waals surface area contributed by atoms with E-state index in [0.717, 1.165) is 11.8 Å². The third kappa shape index (κ3) is 36.6. The molecule has 0 aromatic heterocycles. The number of hydrogen-bond acceptors (Lipinski definition) is 22. The van der Waals surface area contributed by atoms with E-state index in [-0.39, 0.29) is 114 Å². The van der Waals surface area contributed by atoms with Gasteiger partial charge in [-0.2, -0.15) is 0 Å². The summed E-state index contributed by atoms with van der Waals surface area (Å²) in [4.78, 5) is 234. The van der Waals surface area contributed by atoms with Gasteiger partial charge in [0.15, 0.2) is 0 Å². The molecule has 0 spiro atoms. The van der Waals surface area contributed by atoms with Gasteiger partial charge in [0, 0.05) is 25.8 Å². The van der Waals surface area contributed by atoms with Crippen molar-refractivity contribution in [3.05, 3.63) is 71.8 Å². The molecule has 24 N–H and O–H groups in total. The number of carbonyl (C=O) groups excluding carboxylic acids is 14. The minimum absolute atomic E-state index is 0.00938. The van der Waals surface area contributed by atoms with Crippen molar-refractivity contribution in [2.45, 2.75) is 269 Å². The van der Waals surface area contributed by atoms with Crippen molar-refractivity contribution in [1.29, 1.82) is 0 Å². The second-order valence-corrected chi connectivity index (χ2v) is 31.3. The maximum Gasteiger partial charge on any atom is 0.325 e. The molecule has 0 aliphatic carbocycles. The first kappa shape index (κ1) is 102. The number of aliphatic carboxylic acids is 3. The number of rotatable bonds is 55. The van der Waals surface area contributed by atoms with Crippen molar-refractivity contribution in [2.24, 2.45) is 40.9 Å². The number of aliphatic hydroxyl groups is 2. The van der Waals surface area contributed by atoms with Gasteiger partial charge < -0.3 is 117 Å². The molecule has 2 aromatic carbocycles. The fraction of sp³-hybridized carbons (Fsp3) is 0.637. The van der Waals surface area contributed by atoms with Gasteiger partial charge in [0.1, 0.15) is 84.6 Å². The molecule has 0 unspecified atom stereocenters. The molecule has 1 fully saturated rings. The highest BCUT2D eigenvalue weighted by molar-refractivity contribution is 6.01. The molecular formula is C80H127N17O22. The van der Waals surface area contributed by atoms with E-state index in [1.807, 2.05) is 0 Å². The van der Waals surface area contributed by atoms with Crippen LogP contribution in [0.25, 0.3) is 0 Å². The van der Waals surface area contributed by atoms with Gasteiger partial charge in [0.05, 0.1) is 25.7 Å². The van der Waals surface area contributed by atoms with E-state index in [0.29, 0.717) is 30.4 Å². The van der Waals surface area contributed by atoms with Crippen LogP contribution < -0.4 is 86.3 Å². The highest BCUT2D eigenvalue weighted by Gasteiger charge is 2.42. The quantitative estimate of drug-likeness (QED) is 0.0293. The summed E-state index contributed by atoms with van der Waals surface area (Å²) in [6.45, 7) is 14.7. The monoisotopic (exact) mass is 1680 g/mol. The number of aliphatic hydroxyl groups excluding tert-OH is 2. The molecule has 0 saturated carbocycles. The number of nitrogens with one attached hydrogen (secondary N) is 13. The SMILES string of the molecule is CC[C@H](C)[C@H](N)C(=O)N[C@@H](CO)C(=O)N[C@@H](CCC(=O)O)C(=O)N1CCC[C@H]1C(=O)N[C@@H](CC(C)C)C(=O)N[C@@H](Cc1ccccc1)C(=O)N[C@@H](CCCCN)C(=O)N[C@@H](CC(C)C)C(=O)N[C@@H](CO)C(=O)N[C@@H](CC(C)C)C(=O)N[C@@H](C)C(=O)N[C@@H](CCCCN)C(=O)N[C@@H](Cc1ccccc1)C(=O)N[C@@H](CC(=O)O)C(=O)N[C@@H](C)C(=O)O. The van der Waals surface area contributed by atoms with Gasteiger partial charge in [-0.15, -0.1) is 0 Å². The normalized spacial score (nSPS) is 16.4. The van der Waals surface area contributed by atoms with E-state index in [2.05, 4.69) is 69.1 Å². The first-order chi connectivity index (χ1) is 56.2. The van der Waals surface area contributed by atoms with Crippen molar-refractivity contribution in [3.8, 4) is 0 Å². The van der Waals surface area contributed by atoms with E-state index in [1.165, 1.54) is 6.92 Å². The number of amides is 14. The molecule has 3 rings (SSSR count). The molecule has 39 heteroatoms. The van der Waals surface area contributed by atoms with Crippen LogP contribution >= 0.6 is 0 Å². The number of unbranched alkanes of at least 4 members (excludes halogenated alkanes) is 2. The van der Waals surface area contributed by atoms with Crippen molar-refractivity contribution >= 4 is 101 Å². The van der Waals surface area contributed by atoms with Gasteiger partial charge >= 0.3 is 17.9 Å².